The van der Waals surface area contributed by atoms with E-state index < -0.39 is 29.5 Å². The first-order valence-corrected chi connectivity index (χ1v) is 5.00. The summed E-state index contributed by atoms with van der Waals surface area (Å²) < 4.78 is 40.8. The Balaban J connectivity index is 2.76. The van der Waals surface area contributed by atoms with Gasteiger partial charge in [-0.2, -0.15) is 8.78 Å². The van der Waals surface area contributed by atoms with Crippen molar-refractivity contribution in [2.45, 2.75) is 38.6 Å². The molecular formula is C10H14F2O5. The molecule has 0 spiro atoms. The molecule has 1 heterocycles. The number of aliphatic hydroxyl groups is 1. The Morgan fingerprint density at radius 1 is 1.65 bits per heavy atom. The molecule has 0 saturated heterocycles. The standard InChI is InChI=1S/C10H14F2O5/c1-4-15-8(14)10(11,12)7(13)6-5-16-9(2,3)17-6/h5,7,13H,4H2,1-3H3/t7-/m1/s1. The first kappa shape index (κ1) is 13.7. The average molecular weight is 252 g/mol. The molecule has 0 aromatic heterocycles. The molecule has 1 aliphatic heterocycles. The van der Waals surface area contributed by atoms with Crippen LogP contribution in [0.2, 0.25) is 0 Å². The summed E-state index contributed by atoms with van der Waals surface area (Å²) in [5.74, 6) is -7.53. The number of halogens is 2. The quantitative estimate of drug-likeness (QED) is 0.761. The van der Waals surface area contributed by atoms with Crippen molar-refractivity contribution in [3.05, 3.63) is 12.0 Å². The molecule has 17 heavy (non-hydrogen) atoms. The molecule has 1 rings (SSSR count). The fraction of sp³-hybridized carbons (Fsp3) is 0.700. The van der Waals surface area contributed by atoms with Crippen LogP contribution >= 0.6 is 0 Å². The van der Waals surface area contributed by atoms with Crippen molar-refractivity contribution in [2.24, 2.45) is 0 Å². The molecule has 1 N–H and O–H groups in total. The Hall–Kier alpha value is -1.37. The number of hydrogen-bond acceptors (Lipinski definition) is 5. The van der Waals surface area contributed by atoms with Gasteiger partial charge in [-0.15, -0.1) is 0 Å². The van der Waals surface area contributed by atoms with Crippen LogP contribution in [-0.4, -0.2) is 35.5 Å². The summed E-state index contributed by atoms with van der Waals surface area (Å²) in [5, 5.41) is 9.38. The lowest BCUT2D eigenvalue weighted by atomic mass is 10.1. The van der Waals surface area contributed by atoms with Gasteiger partial charge in [-0.25, -0.2) is 4.79 Å². The Morgan fingerprint density at radius 2 is 2.24 bits per heavy atom. The molecule has 0 fully saturated rings. The van der Waals surface area contributed by atoms with Crippen LogP contribution < -0.4 is 0 Å². The van der Waals surface area contributed by atoms with Crippen molar-refractivity contribution in [3.63, 3.8) is 0 Å². The van der Waals surface area contributed by atoms with E-state index in [9.17, 15) is 18.7 Å². The van der Waals surface area contributed by atoms with Gasteiger partial charge in [-0.1, -0.05) is 0 Å². The van der Waals surface area contributed by atoms with E-state index in [0.29, 0.717) is 0 Å². The van der Waals surface area contributed by atoms with Crippen LogP contribution in [-0.2, 0) is 19.0 Å². The van der Waals surface area contributed by atoms with E-state index >= 15 is 0 Å². The first-order chi connectivity index (χ1) is 7.70. The minimum atomic E-state index is -4.08. The number of ether oxygens (including phenoxy) is 3. The van der Waals surface area contributed by atoms with Gasteiger partial charge in [0.1, 0.15) is 6.26 Å². The largest absolute Gasteiger partial charge is 0.461 e. The number of esters is 1. The smallest absolute Gasteiger partial charge is 0.380 e. The normalized spacial score (nSPS) is 20.0. The third-order valence-electron chi connectivity index (χ3n) is 1.98. The molecule has 0 radical (unpaired) electrons. The molecule has 0 saturated carbocycles. The summed E-state index contributed by atoms with van der Waals surface area (Å²) in [7, 11) is 0. The van der Waals surface area contributed by atoms with Crippen molar-refractivity contribution in [3.8, 4) is 0 Å². The Morgan fingerprint density at radius 3 is 2.65 bits per heavy atom. The third kappa shape index (κ3) is 2.85. The van der Waals surface area contributed by atoms with Crippen LogP contribution in [0.5, 0.6) is 0 Å². The molecule has 0 unspecified atom stereocenters. The van der Waals surface area contributed by atoms with Crippen LogP contribution in [0, 0.1) is 0 Å². The Labute approximate surface area is 97.0 Å². The fourth-order valence-electron chi connectivity index (χ4n) is 1.17. The number of carbonyl (C=O) groups is 1. The molecule has 0 bridgehead atoms. The monoisotopic (exact) mass is 252 g/mol. The predicted molar refractivity (Wildman–Crippen MR) is 51.9 cm³/mol. The maximum absolute atomic E-state index is 13.4. The van der Waals surface area contributed by atoms with Crippen molar-refractivity contribution >= 4 is 5.97 Å². The van der Waals surface area contributed by atoms with Crippen LogP contribution in [0.3, 0.4) is 0 Å². The number of rotatable bonds is 4. The van der Waals surface area contributed by atoms with Gasteiger partial charge in [0, 0.05) is 13.8 Å². The number of aliphatic hydroxyl groups excluding tert-OH is 1. The van der Waals surface area contributed by atoms with E-state index in [-0.39, 0.29) is 6.61 Å². The van der Waals surface area contributed by atoms with Gasteiger partial charge in [0.05, 0.1) is 6.61 Å². The topological polar surface area (TPSA) is 65.0 Å². The molecule has 7 heteroatoms. The first-order valence-electron chi connectivity index (χ1n) is 5.00. The average Bonchev–Trinajstić information content (AvgIpc) is 2.58. The highest BCUT2D eigenvalue weighted by atomic mass is 19.3. The summed E-state index contributed by atoms with van der Waals surface area (Å²) in [6, 6.07) is 0. The molecular weight excluding hydrogens is 238 g/mol. The summed E-state index contributed by atoms with van der Waals surface area (Å²) >= 11 is 0. The van der Waals surface area contributed by atoms with Crippen LogP contribution in [0.1, 0.15) is 20.8 Å². The van der Waals surface area contributed by atoms with E-state index in [1.165, 1.54) is 20.8 Å². The second-order valence-corrected chi connectivity index (χ2v) is 3.89. The van der Waals surface area contributed by atoms with Gasteiger partial charge in [0.15, 0.2) is 11.9 Å². The Kier molecular flexibility index (Phi) is 3.61. The minimum absolute atomic E-state index is 0.205. The SMILES string of the molecule is CCOC(=O)C(F)(F)[C@H](O)C1=COC(C)(C)O1. The third-order valence-corrected chi connectivity index (χ3v) is 1.98. The van der Waals surface area contributed by atoms with Gasteiger partial charge < -0.3 is 19.3 Å². The highest BCUT2D eigenvalue weighted by Gasteiger charge is 2.53. The molecule has 1 atom stereocenters. The fourth-order valence-corrected chi connectivity index (χ4v) is 1.17. The molecule has 1 aliphatic rings. The maximum Gasteiger partial charge on any atom is 0.380 e. The molecule has 5 nitrogen and oxygen atoms in total. The molecule has 0 aromatic carbocycles. The van der Waals surface area contributed by atoms with Crippen molar-refractivity contribution in [1.29, 1.82) is 0 Å². The molecule has 0 aromatic rings. The van der Waals surface area contributed by atoms with Crippen LogP contribution in [0.25, 0.3) is 0 Å². The molecule has 0 amide bonds. The summed E-state index contributed by atoms with van der Waals surface area (Å²) in [4.78, 5) is 11.0. The Bertz CT molecular complexity index is 338. The lowest BCUT2D eigenvalue weighted by Crippen LogP contribution is -2.44. The van der Waals surface area contributed by atoms with Gasteiger partial charge in [0.2, 0.25) is 5.79 Å². The van der Waals surface area contributed by atoms with Gasteiger partial charge in [-0.3, -0.25) is 0 Å². The second kappa shape index (κ2) is 4.48. The highest BCUT2D eigenvalue weighted by Crippen LogP contribution is 2.33. The number of hydrogen-bond donors (Lipinski definition) is 1. The van der Waals surface area contributed by atoms with E-state index in [0.717, 1.165) is 6.26 Å². The van der Waals surface area contributed by atoms with Crippen LogP contribution in [0.4, 0.5) is 8.78 Å². The molecule has 98 valence electrons. The molecule has 0 aliphatic carbocycles. The van der Waals surface area contributed by atoms with Crippen LogP contribution in [0.15, 0.2) is 12.0 Å². The van der Waals surface area contributed by atoms with Crippen molar-refractivity contribution < 1.29 is 32.9 Å². The zero-order chi connectivity index (χ0) is 13.3. The van der Waals surface area contributed by atoms with E-state index in [4.69, 9.17) is 9.47 Å². The summed E-state index contributed by atoms with van der Waals surface area (Å²) in [6.07, 6.45) is -1.57. The lowest BCUT2D eigenvalue weighted by molar-refractivity contribution is -0.192. The van der Waals surface area contributed by atoms with E-state index in [2.05, 4.69) is 4.74 Å². The van der Waals surface area contributed by atoms with Crippen molar-refractivity contribution in [2.75, 3.05) is 6.61 Å². The van der Waals surface area contributed by atoms with Gasteiger partial charge in [-0.05, 0) is 6.92 Å². The van der Waals surface area contributed by atoms with Gasteiger partial charge >= 0.3 is 11.9 Å². The van der Waals surface area contributed by atoms with E-state index in [1.54, 1.807) is 0 Å². The lowest BCUT2D eigenvalue weighted by Gasteiger charge is -2.23. The number of carbonyl (C=O) groups excluding carboxylic acids is 1. The van der Waals surface area contributed by atoms with Crippen molar-refractivity contribution in [1.82, 2.24) is 0 Å². The maximum atomic E-state index is 13.4. The minimum Gasteiger partial charge on any atom is -0.461 e. The highest BCUT2D eigenvalue weighted by molar-refractivity contribution is 5.78. The zero-order valence-electron chi connectivity index (χ0n) is 9.70. The number of alkyl halides is 2. The second-order valence-electron chi connectivity index (χ2n) is 3.89. The zero-order valence-corrected chi connectivity index (χ0v) is 9.70. The predicted octanol–water partition coefficient (Wildman–Crippen LogP) is 1.17. The summed E-state index contributed by atoms with van der Waals surface area (Å²) in [6.45, 7) is 4.14. The van der Waals surface area contributed by atoms with E-state index in [1.807, 2.05) is 0 Å². The summed E-state index contributed by atoms with van der Waals surface area (Å²) in [5.41, 5.74) is 0. The van der Waals surface area contributed by atoms with Gasteiger partial charge in [0.25, 0.3) is 0 Å².